The van der Waals surface area contributed by atoms with Crippen molar-refractivity contribution in [1.82, 2.24) is 5.32 Å². The molecular weight excluding hydrogens is 230 g/mol. The van der Waals surface area contributed by atoms with Crippen molar-refractivity contribution < 1.29 is 14.3 Å². The Morgan fingerprint density at radius 2 is 1.89 bits per heavy atom. The number of carbonyl (C=O) groups excluding carboxylic acids is 2. The molecule has 0 aromatic rings. The lowest BCUT2D eigenvalue weighted by atomic mass is 10.0. The van der Waals surface area contributed by atoms with Crippen molar-refractivity contribution in [2.24, 2.45) is 11.8 Å². The zero-order valence-corrected chi connectivity index (χ0v) is 11.1. The van der Waals surface area contributed by atoms with E-state index in [9.17, 15) is 9.59 Å². The molecule has 0 saturated heterocycles. The number of hydrogen-bond donors (Lipinski definition) is 1. The molecule has 2 aliphatic carbocycles. The van der Waals surface area contributed by atoms with E-state index in [1.165, 1.54) is 32.8 Å². The molecule has 2 fully saturated rings. The smallest absolute Gasteiger partial charge is 0.307 e. The Morgan fingerprint density at radius 1 is 1.22 bits per heavy atom. The van der Waals surface area contributed by atoms with E-state index < -0.39 is 0 Å². The molecular formula is C14H23NO3. The molecule has 0 spiro atoms. The lowest BCUT2D eigenvalue weighted by molar-refractivity contribution is -0.141. The van der Waals surface area contributed by atoms with Gasteiger partial charge in [-0.1, -0.05) is 12.8 Å². The molecule has 0 heterocycles. The SMILES string of the molecule is COC(=O)C[C@H](NC(=O)CC1CCCC1)C1CC1. The molecule has 4 nitrogen and oxygen atoms in total. The predicted molar refractivity (Wildman–Crippen MR) is 67.9 cm³/mol. The molecule has 0 bridgehead atoms. The van der Waals surface area contributed by atoms with Crippen LogP contribution in [0.1, 0.15) is 51.4 Å². The van der Waals surface area contributed by atoms with E-state index in [2.05, 4.69) is 10.1 Å². The lowest BCUT2D eigenvalue weighted by Gasteiger charge is -2.18. The molecule has 1 atom stereocenters. The Balaban J connectivity index is 1.76. The molecule has 1 N–H and O–H groups in total. The maximum absolute atomic E-state index is 11.9. The molecule has 0 unspecified atom stereocenters. The lowest BCUT2D eigenvalue weighted by Crippen LogP contribution is -2.38. The van der Waals surface area contributed by atoms with Crippen molar-refractivity contribution in [2.75, 3.05) is 7.11 Å². The van der Waals surface area contributed by atoms with Gasteiger partial charge in [-0.2, -0.15) is 0 Å². The van der Waals surface area contributed by atoms with Crippen LogP contribution in [0.15, 0.2) is 0 Å². The Morgan fingerprint density at radius 3 is 2.44 bits per heavy atom. The fourth-order valence-electron chi connectivity index (χ4n) is 2.84. The van der Waals surface area contributed by atoms with Gasteiger partial charge in [0, 0.05) is 12.5 Å². The highest BCUT2D eigenvalue weighted by atomic mass is 16.5. The second kappa shape index (κ2) is 6.21. The van der Waals surface area contributed by atoms with Gasteiger partial charge in [-0.25, -0.2) is 0 Å². The summed E-state index contributed by atoms with van der Waals surface area (Å²) in [4.78, 5) is 23.3. The van der Waals surface area contributed by atoms with E-state index in [4.69, 9.17) is 0 Å². The third-order valence-electron chi connectivity index (χ3n) is 4.10. The van der Waals surface area contributed by atoms with E-state index in [1.807, 2.05) is 0 Å². The van der Waals surface area contributed by atoms with Crippen LogP contribution in [0.4, 0.5) is 0 Å². The summed E-state index contributed by atoms with van der Waals surface area (Å²) < 4.78 is 4.68. The van der Waals surface area contributed by atoms with Gasteiger partial charge in [0.15, 0.2) is 0 Å². The molecule has 4 heteroatoms. The number of rotatable bonds is 6. The van der Waals surface area contributed by atoms with Gasteiger partial charge in [0.1, 0.15) is 0 Å². The van der Waals surface area contributed by atoms with Crippen LogP contribution in [-0.4, -0.2) is 25.0 Å². The summed E-state index contributed by atoms with van der Waals surface area (Å²) in [5.74, 6) is 0.926. The van der Waals surface area contributed by atoms with E-state index >= 15 is 0 Å². The minimum Gasteiger partial charge on any atom is -0.469 e. The first-order valence-corrected chi connectivity index (χ1v) is 7.05. The molecule has 2 aliphatic rings. The summed E-state index contributed by atoms with van der Waals surface area (Å²) >= 11 is 0. The van der Waals surface area contributed by atoms with Gasteiger partial charge in [-0.3, -0.25) is 9.59 Å². The average molecular weight is 253 g/mol. The van der Waals surface area contributed by atoms with Crippen molar-refractivity contribution in [3.8, 4) is 0 Å². The quantitative estimate of drug-likeness (QED) is 0.737. The van der Waals surface area contributed by atoms with Crippen LogP contribution >= 0.6 is 0 Å². The molecule has 0 aliphatic heterocycles. The van der Waals surface area contributed by atoms with Crippen LogP contribution < -0.4 is 5.32 Å². The van der Waals surface area contributed by atoms with Crippen molar-refractivity contribution in [2.45, 2.75) is 57.4 Å². The van der Waals surface area contributed by atoms with Crippen LogP contribution in [0.2, 0.25) is 0 Å². The second-order valence-electron chi connectivity index (χ2n) is 5.65. The van der Waals surface area contributed by atoms with E-state index in [0.29, 0.717) is 24.7 Å². The fraction of sp³-hybridized carbons (Fsp3) is 0.857. The predicted octanol–water partition coefficient (Wildman–Crippen LogP) is 2.02. The largest absolute Gasteiger partial charge is 0.469 e. The third-order valence-corrected chi connectivity index (χ3v) is 4.10. The van der Waals surface area contributed by atoms with E-state index in [1.54, 1.807) is 0 Å². The molecule has 1 amide bonds. The number of amides is 1. The van der Waals surface area contributed by atoms with E-state index in [-0.39, 0.29) is 17.9 Å². The number of hydrogen-bond acceptors (Lipinski definition) is 3. The molecule has 18 heavy (non-hydrogen) atoms. The summed E-state index contributed by atoms with van der Waals surface area (Å²) in [7, 11) is 1.40. The summed E-state index contributed by atoms with van der Waals surface area (Å²) in [6.45, 7) is 0. The van der Waals surface area contributed by atoms with Gasteiger partial charge in [-0.05, 0) is 37.5 Å². The molecule has 102 valence electrons. The zero-order valence-electron chi connectivity index (χ0n) is 11.1. The minimum atomic E-state index is -0.229. The summed E-state index contributed by atoms with van der Waals surface area (Å²) in [6, 6.07) is -0.00801. The van der Waals surface area contributed by atoms with Gasteiger partial charge in [0.05, 0.1) is 13.5 Å². The average Bonchev–Trinajstić information content (AvgIpc) is 3.08. The summed E-state index contributed by atoms with van der Waals surface area (Å²) in [5, 5.41) is 3.03. The number of nitrogens with one attached hydrogen (secondary N) is 1. The van der Waals surface area contributed by atoms with Gasteiger partial charge >= 0.3 is 5.97 Å². The van der Waals surface area contributed by atoms with Crippen LogP contribution in [-0.2, 0) is 14.3 Å². The number of esters is 1. The fourth-order valence-corrected chi connectivity index (χ4v) is 2.84. The molecule has 0 aromatic carbocycles. The van der Waals surface area contributed by atoms with Crippen molar-refractivity contribution in [3.05, 3.63) is 0 Å². The van der Waals surface area contributed by atoms with Gasteiger partial charge < -0.3 is 10.1 Å². The zero-order chi connectivity index (χ0) is 13.0. The maximum atomic E-state index is 11.9. The van der Waals surface area contributed by atoms with Crippen LogP contribution in [0.25, 0.3) is 0 Å². The molecule has 0 aromatic heterocycles. The maximum Gasteiger partial charge on any atom is 0.307 e. The van der Waals surface area contributed by atoms with Gasteiger partial charge in [-0.15, -0.1) is 0 Å². The van der Waals surface area contributed by atoms with Crippen LogP contribution in [0, 0.1) is 11.8 Å². The topological polar surface area (TPSA) is 55.4 Å². The summed E-state index contributed by atoms with van der Waals surface area (Å²) in [5.41, 5.74) is 0. The highest BCUT2D eigenvalue weighted by molar-refractivity contribution is 5.78. The Kier molecular flexibility index (Phi) is 4.61. The van der Waals surface area contributed by atoms with Crippen molar-refractivity contribution in [1.29, 1.82) is 0 Å². The Hall–Kier alpha value is -1.06. The highest BCUT2D eigenvalue weighted by Gasteiger charge is 2.34. The van der Waals surface area contributed by atoms with Crippen molar-refractivity contribution >= 4 is 11.9 Å². The Labute approximate surface area is 108 Å². The number of carbonyl (C=O) groups is 2. The Bertz CT molecular complexity index is 306. The second-order valence-corrected chi connectivity index (χ2v) is 5.65. The normalized spacial score (nSPS) is 21.6. The van der Waals surface area contributed by atoms with Crippen LogP contribution in [0.5, 0.6) is 0 Å². The van der Waals surface area contributed by atoms with Crippen molar-refractivity contribution in [3.63, 3.8) is 0 Å². The molecule has 0 radical (unpaired) electrons. The first kappa shape index (κ1) is 13.4. The third kappa shape index (κ3) is 4.00. The molecule has 2 rings (SSSR count). The minimum absolute atomic E-state index is 0.00801. The van der Waals surface area contributed by atoms with Gasteiger partial charge in [0.2, 0.25) is 5.91 Å². The van der Waals surface area contributed by atoms with Gasteiger partial charge in [0.25, 0.3) is 0 Å². The number of ether oxygens (including phenoxy) is 1. The summed E-state index contributed by atoms with van der Waals surface area (Å²) in [6.07, 6.45) is 8.05. The molecule has 2 saturated carbocycles. The first-order chi connectivity index (χ1) is 8.69. The van der Waals surface area contributed by atoms with E-state index in [0.717, 1.165) is 12.8 Å². The van der Waals surface area contributed by atoms with Crippen LogP contribution in [0.3, 0.4) is 0 Å². The standard InChI is InChI=1S/C14H23NO3/c1-18-14(17)9-12(11-6-7-11)15-13(16)8-10-4-2-3-5-10/h10-12H,2-9H2,1H3,(H,15,16)/t12-/m0/s1. The number of methoxy groups -OCH3 is 1. The monoisotopic (exact) mass is 253 g/mol. The highest BCUT2D eigenvalue weighted by Crippen LogP contribution is 2.34. The first-order valence-electron chi connectivity index (χ1n) is 7.05.